The van der Waals surface area contributed by atoms with Crippen LogP contribution in [-0.2, 0) is 22.7 Å². The molecule has 12 heteroatoms. The van der Waals surface area contributed by atoms with Crippen LogP contribution in [0.2, 0.25) is 0 Å². The molecular weight excluding hydrogens is 425 g/mol. The standard InChI is InChI=1S/C18H17F3N4O4S/c19-18(20,21)13-3-5-14(6-4-13)30(26,27)25-9-7-24(8-10-25)12-16-22-23-17(29-16)15-2-1-11-28-15/h1-6,11H,7-10,12H2. The maximum Gasteiger partial charge on any atom is 0.416 e. The second-order valence-electron chi connectivity index (χ2n) is 6.68. The van der Waals surface area contributed by atoms with Gasteiger partial charge in [0.05, 0.1) is 23.3 Å². The number of benzene rings is 1. The van der Waals surface area contributed by atoms with Gasteiger partial charge in [-0.25, -0.2) is 8.42 Å². The van der Waals surface area contributed by atoms with Gasteiger partial charge in [0.1, 0.15) is 0 Å². The van der Waals surface area contributed by atoms with Crippen molar-refractivity contribution >= 4 is 10.0 Å². The van der Waals surface area contributed by atoms with Gasteiger partial charge in [-0.15, -0.1) is 10.2 Å². The Morgan fingerprint density at radius 1 is 1.00 bits per heavy atom. The summed E-state index contributed by atoms with van der Waals surface area (Å²) in [4.78, 5) is 1.79. The fraction of sp³-hybridized carbons (Fsp3) is 0.333. The number of aromatic nitrogens is 2. The van der Waals surface area contributed by atoms with E-state index in [9.17, 15) is 21.6 Å². The van der Waals surface area contributed by atoms with E-state index in [1.165, 1.54) is 10.6 Å². The molecule has 0 aliphatic carbocycles. The molecule has 1 fully saturated rings. The number of piperazine rings is 1. The molecule has 3 heterocycles. The van der Waals surface area contributed by atoms with Crippen molar-refractivity contribution in [1.29, 1.82) is 0 Å². The molecular formula is C18H17F3N4O4S. The second kappa shape index (κ2) is 7.85. The third-order valence-corrected chi connectivity index (χ3v) is 6.62. The normalized spacial score (nSPS) is 16.8. The summed E-state index contributed by atoms with van der Waals surface area (Å²) in [6.07, 6.45) is -3.02. The van der Waals surface area contributed by atoms with Crippen molar-refractivity contribution in [3.8, 4) is 11.7 Å². The third kappa shape index (κ3) is 4.25. The van der Waals surface area contributed by atoms with Crippen LogP contribution in [0.5, 0.6) is 0 Å². The minimum absolute atomic E-state index is 0.163. The van der Waals surface area contributed by atoms with Gasteiger partial charge < -0.3 is 8.83 Å². The molecule has 2 aromatic heterocycles. The summed E-state index contributed by atoms with van der Waals surface area (Å²) in [6.45, 7) is 1.57. The molecule has 30 heavy (non-hydrogen) atoms. The smallest absolute Gasteiger partial charge is 0.416 e. The van der Waals surface area contributed by atoms with Crippen LogP contribution in [0.25, 0.3) is 11.7 Å². The highest BCUT2D eigenvalue weighted by molar-refractivity contribution is 7.89. The van der Waals surface area contributed by atoms with Crippen molar-refractivity contribution in [2.45, 2.75) is 17.6 Å². The Balaban J connectivity index is 1.37. The van der Waals surface area contributed by atoms with Gasteiger partial charge in [0.2, 0.25) is 15.9 Å². The molecule has 0 spiro atoms. The lowest BCUT2D eigenvalue weighted by atomic mass is 10.2. The molecule has 4 rings (SSSR count). The maximum atomic E-state index is 12.7. The van der Waals surface area contributed by atoms with Gasteiger partial charge in [0, 0.05) is 26.2 Å². The van der Waals surface area contributed by atoms with Crippen LogP contribution in [0, 0.1) is 0 Å². The molecule has 3 aromatic rings. The highest BCUT2D eigenvalue weighted by Gasteiger charge is 2.32. The van der Waals surface area contributed by atoms with E-state index < -0.39 is 21.8 Å². The van der Waals surface area contributed by atoms with Crippen molar-refractivity contribution in [1.82, 2.24) is 19.4 Å². The van der Waals surface area contributed by atoms with Gasteiger partial charge in [-0.2, -0.15) is 17.5 Å². The van der Waals surface area contributed by atoms with E-state index in [0.29, 0.717) is 31.3 Å². The highest BCUT2D eigenvalue weighted by atomic mass is 32.2. The first-order valence-corrected chi connectivity index (χ1v) is 10.4. The number of hydrogen-bond donors (Lipinski definition) is 0. The Morgan fingerprint density at radius 2 is 1.70 bits per heavy atom. The topological polar surface area (TPSA) is 92.7 Å². The van der Waals surface area contributed by atoms with Gasteiger partial charge in [-0.1, -0.05) is 0 Å². The van der Waals surface area contributed by atoms with Crippen LogP contribution < -0.4 is 0 Å². The van der Waals surface area contributed by atoms with Crippen LogP contribution in [0.3, 0.4) is 0 Å². The minimum Gasteiger partial charge on any atom is -0.459 e. The summed E-state index contributed by atoms with van der Waals surface area (Å²) in [6, 6.07) is 6.92. The molecule has 0 radical (unpaired) electrons. The van der Waals surface area contributed by atoms with E-state index in [0.717, 1.165) is 24.3 Å². The number of hydrogen-bond acceptors (Lipinski definition) is 7. The van der Waals surface area contributed by atoms with Crippen LogP contribution in [0.15, 0.2) is 56.4 Å². The first-order chi connectivity index (χ1) is 14.2. The number of halogens is 3. The Hall–Kier alpha value is -2.70. The van der Waals surface area contributed by atoms with Crippen LogP contribution in [0.4, 0.5) is 13.2 Å². The molecule has 160 valence electrons. The van der Waals surface area contributed by atoms with Gasteiger partial charge in [-0.3, -0.25) is 4.90 Å². The number of furan rings is 1. The van der Waals surface area contributed by atoms with Crippen LogP contribution in [-0.4, -0.2) is 54.0 Å². The van der Waals surface area contributed by atoms with Crippen molar-refractivity contribution in [2.75, 3.05) is 26.2 Å². The van der Waals surface area contributed by atoms with E-state index in [2.05, 4.69) is 10.2 Å². The predicted octanol–water partition coefficient (Wildman–Crippen LogP) is 2.85. The van der Waals surface area contributed by atoms with Gasteiger partial charge in [0.15, 0.2) is 5.76 Å². The molecule has 0 unspecified atom stereocenters. The number of rotatable bonds is 5. The molecule has 0 saturated carbocycles. The largest absolute Gasteiger partial charge is 0.459 e. The average Bonchev–Trinajstić information content (AvgIpc) is 3.40. The first kappa shape index (κ1) is 20.6. The Bertz CT molecular complexity index is 1090. The van der Waals surface area contributed by atoms with E-state index in [1.54, 1.807) is 12.1 Å². The lowest BCUT2D eigenvalue weighted by Gasteiger charge is -2.33. The van der Waals surface area contributed by atoms with Crippen LogP contribution >= 0.6 is 0 Å². The van der Waals surface area contributed by atoms with Crippen molar-refractivity contribution in [2.24, 2.45) is 0 Å². The number of sulfonamides is 1. The molecule has 0 N–H and O–H groups in total. The SMILES string of the molecule is O=S(=O)(c1ccc(C(F)(F)F)cc1)N1CCN(Cc2nnc(-c3ccco3)o2)CC1. The van der Waals surface area contributed by atoms with E-state index in [4.69, 9.17) is 8.83 Å². The molecule has 1 saturated heterocycles. The first-order valence-electron chi connectivity index (χ1n) is 8.99. The summed E-state index contributed by atoms with van der Waals surface area (Å²) in [7, 11) is -3.87. The maximum absolute atomic E-state index is 12.7. The average molecular weight is 442 g/mol. The summed E-state index contributed by atoms with van der Waals surface area (Å²) in [5.41, 5.74) is -0.889. The highest BCUT2D eigenvalue weighted by Crippen LogP contribution is 2.30. The van der Waals surface area contributed by atoms with E-state index in [1.807, 2.05) is 4.90 Å². The number of alkyl halides is 3. The fourth-order valence-electron chi connectivity index (χ4n) is 3.10. The van der Waals surface area contributed by atoms with Gasteiger partial charge in [-0.05, 0) is 36.4 Å². The molecule has 0 bridgehead atoms. The second-order valence-corrected chi connectivity index (χ2v) is 8.62. The minimum atomic E-state index is -4.51. The quantitative estimate of drug-likeness (QED) is 0.600. The lowest BCUT2D eigenvalue weighted by Crippen LogP contribution is -2.48. The molecule has 0 amide bonds. The summed E-state index contributed by atoms with van der Waals surface area (Å²) >= 11 is 0. The zero-order valence-corrected chi connectivity index (χ0v) is 16.4. The summed E-state index contributed by atoms with van der Waals surface area (Å²) < 4.78 is 75.5. The Kier molecular flexibility index (Phi) is 5.38. The molecule has 1 aliphatic heterocycles. The molecule has 1 aliphatic rings. The third-order valence-electron chi connectivity index (χ3n) is 4.71. The predicted molar refractivity (Wildman–Crippen MR) is 97.5 cm³/mol. The zero-order chi connectivity index (χ0) is 21.4. The van der Waals surface area contributed by atoms with Crippen LogP contribution in [0.1, 0.15) is 11.5 Å². The van der Waals surface area contributed by atoms with Crippen molar-refractivity contribution in [3.05, 3.63) is 54.1 Å². The molecule has 0 atom stereocenters. The molecule has 8 nitrogen and oxygen atoms in total. The van der Waals surface area contributed by atoms with Crippen molar-refractivity contribution in [3.63, 3.8) is 0 Å². The summed E-state index contributed by atoms with van der Waals surface area (Å²) in [5.74, 6) is 1.10. The van der Waals surface area contributed by atoms with Gasteiger partial charge in [0.25, 0.3) is 5.89 Å². The monoisotopic (exact) mass is 442 g/mol. The number of nitrogens with zero attached hydrogens (tertiary/aromatic N) is 4. The lowest BCUT2D eigenvalue weighted by molar-refractivity contribution is -0.137. The summed E-state index contributed by atoms with van der Waals surface area (Å²) in [5, 5.41) is 7.89. The van der Waals surface area contributed by atoms with Gasteiger partial charge >= 0.3 is 6.18 Å². The Morgan fingerprint density at radius 3 is 2.30 bits per heavy atom. The Labute approximate surface area is 170 Å². The van der Waals surface area contributed by atoms with E-state index >= 15 is 0 Å². The fourth-order valence-corrected chi connectivity index (χ4v) is 4.52. The molecule has 1 aromatic carbocycles. The zero-order valence-electron chi connectivity index (χ0n) is 15.5. The van der Waals surface area contributed by atoms with Crippen molar-refractivity contribution < 1.29 is 30.4 Å². The van der Waals surface area contributed by atoms with E-state index in [-0.39, 0.29) is 23.9 Å².